The largest absolute Gasteiger partial charge is 0.378 e. The first-order chi connectivity index (χ1) is 12.3. The summed E-state index contributed by atoms with van der Waals surface area (Å²) in [5.74, 6) is 0.0728. The molecule has 3 heterocycles. The Kier molecular flexibility index (Phi) is 4.48. The van der Waals surface area contributed by atoms with E-state index in [2.05, 4.69) is 16.0 Å². The van der Waals surface area contributed by atoms with Crippen molar-refractivity contribution in [3.05, 3.63) is 66.0 Å². The highest BCUT2D eigenvalue weighted by atomic mass is 16.5. The number of hydrogen-bond donors (Lipinski definition) is 0. The monoisotopic (exact) mass is 335 g/mol. The smallest absolute Gasteiger partial charge is 0.254 e. The molecular weight excluding hydrogens is 314 g/mol. The van der Waals surface area contributed by atoms with Gasteiger partial charge in [-0.2, -0.15) is 0 Å². The van der Waals surface area contributed by atoms with Crippen LogP contribution < -0.4 is 4.90 Å². The van der Waals surface area contributed by atoms with Gasteiger partial charge in [0.15, 0.2) is 0 Å². The summed E-state index contributed by atoms with van der Waals surface area (Å²) in [5, 5.41) is 0. The van der Waals surface area contributed by atoms with Crippen molar-refractivity contribution in [2.24, 2.45) is 0 Å². The van der Waals surface area contributed by atoms with E-state index in [4.69, 9.17) is 4.74 Å². The van der Waals surface area contributed by atoms with Gasteiger partial charge in [0, 0.05) is 49.8 Å². The maximum atomic E-state index is 12.8. The minimum Gasteiger partial charge on any atom is -0.378 e. The number of rotatable bonds is 3. The Morgan fingerprint density at radius 2 is 1.88 bits per heavy atom. The van der Waals surface area contributed by atoms with Crippen molar-refractivity contribution in [1.82, 2.24) is 9.88 Å². The Balaban J connectivity index is 1.42. The van der Waals surface area contributed by atoms with Crippen LogP contribution in [0.2, 0.25) is 0 Å². The van der Waals surface area contributed by atoms with Crippen molar-refractivity contribution in [3.63, 3.8) is 0 Å². The fourth-order valence-corrected chi connectivity index (χ4v) is 3.29. The highest BCUT2D eigenvalue weighted by Crippen LogP contribution is 2.23. The summed E-state index contributed by atoms with van der Waals surface area (Å²) in [4.78, 5) is 21.1. The summed E-state index contributed by atoms with van der Waals surface area (Å²) in [7, 11) is 0. The molecule has 5 heteroatoms. The first-order valence-corrected chi connectivity index (χ1v) is 8.63. The van der Waals surface area contributed by atoms with Crippen LogP contribution in [0.15, 0.2) is 54.9 Å². The number of anilines is 1. The molecular formula is C20H21N3O2. The predicted octanol–water partition coefficient (Wildman–Crippen LogP) is 2.46. The van der Waals surface area contributed by atoms with E-state index in [9.17, 15) is 4.79 Å². The minimum absolute atomic E-state index is 0.0728. The Labute approximate surface area is 147 Å². The second-order valence-electron chi connectivity index (χ2n) is 6.30. The molecule has 128 valence electrons. The van der Waals surface area contributed by atoms with Gasteiger partial charge in [0.25, 0.3) is 5.91 Å². The Morgan fingerprint density at radius 1 is 1.08 bits per heavy atom. The van der Waals surface area contributed by atoms with Crippen molar-refractivity contribution in [2.45, 2.75) is 0 Å². The highest BCUT2D eigenvalue weighted by Gasteiger charge is 2.22. The number of benzene rings is 1. The van der Waals surface area contributed by atoms with Gasteiger partial charge in [0.1, 0.15) is 0 Å². The van der Waals surface area contributed by atoms with Crippen molar-refractivity contribution in [2.75, 3.05) is 44.3 Å². The zero-order valence-corrected chi connectivity index (χ0v) is 14.1. The van der Waals surface area contributed by atoms with E-state index in [-0.39, 0.29) is 5.91 Å². The SMILES string of the molecule is O=C(c1ccc(N2CCOCC2)cc1)N1CC=C(c2cccnc2)C1. The molecule has 5 nitrogen and oxygen atoms in total. The van der Waals surface area contributed by atoms with Crippen LogP contribution in [0.25, 0.3) is 5.57 Å². The molecule has 2 aliphatic rings. The molecule has 1 aromatic carbocycles. The van der Waals surface area contributed by atoms with E-state index >= 15 is 0 Å². The average Bonchev–Trinajstić information content (AvgIpc) is 3.19. The first kappa shape index (κ1) is 15.8. The molecule has 0 unspecified atom stereocenters. The summed E-state index contributed by atoms with van der Waals surface area (Å²) in [6, 6.07) is 11.9. The molecule has 0 atom stereocenters. The summed E-state index contributed by atoms with van der Waals surface area (Å²) >= 11 is 0. The first-order valence-electron chi connectivity index (χ1n) is 8.63. The third-order valence-electron chi connectivity index (χ3n) is 4.73. The number of hydrogen-bond acceptors (Lipinski definition) is 4. The lowest BCUT2D eigenvalue weighted by Gasteiger charge is -2.29. The van der Waals surface area contributed by atoms with E-state index in [0.717, 1.165) is 48.7 Å². The Morgan fingerprint density at radius 3 is 2.60 bits per heavy atom. The number of nitrogens with zero attached hydrogens (tertiary/aromatic N) is 3. The lowest BCUT2D eigenvalue weighted by molar-refractivity contribution is 0.0801. The molecule has 4 rings (SSSR count). The van der Waals surface area contributed by atoms with Crippen LogP contribution in [0, 0.1) is 0 Å². The molecule has 1 aromatic heterocycles. The van der Waals surface area contributed by atoms with Gasteiger partial charge < -0.3 is 14.5 Å². The van der Waals surface area contributed by atoms with Gasteiger partial charge in [0.2, 0.25) is 0 Å². The number of carbonyl (C=O) groups is 1. The van der Waals surface area contributed by atoms with Gasteiger partial charge in [0.05, 0.1) is 13.2 Å². The highest BCUT2D eigenvalue weighted by molar-refractivity contribution is 5.96. The maximum Gasteiger partial charge on any atom is 0.254 e. The lowest BCUT2D eigenvalue weighted by Crippen LogP contribution is -2.36. The summed E-state index contributed by atoms with van der Waals surface area (Å²) in [6.45, 7) is 4.61. The quantitative estimate of drug-likeness (QED) is 0.864. The van der Waals surface area contributed by atoms with Crippen molar-refractivity contribution in [1.29, 1.82) is 0 Å². The fraction of sp³-hybridized carbons (Fsp3) is 0.300. The maximum absolute atomic E-state index is 12.8. The molecule has 0 saturated carbocycles. The van der Waals surface area contributed by atoms with Crippen LogP contribution in [0.4, 0.5) is 5.69 Å². The number of aromatic nitrogens is 1. The summed E-state index contributed by atoms with van der Waals surface area (Å²) < 4.78 is 5.38. The van der Waals surface area contributed by atoms with Gasteiger partial charge in [-0.3, -0.25) is 9.78 Å². The van der Waals surface area contributed by atoms with Gasteiger partial charge in [-0.25, -0.2) is 0 Å². The fourth-order valence-electron chi connectivity index (χ4n) is 3.29. The molecule has 25 heavy (non-hydrogen) atoms. The standard InChI is InChI=1S/C20H21N3O2/c24-20(23-9-7-18(15-23)17-2-1-8-21-14-17)16-3-5-19(6-4-16)22-10-12-25-13-11-22/h1-8,14H,9-13,15H2. The van der Waals surface area contributed by atoms with E-state index in [1.165, 1.54) is 0 Å². The van der Waals surface area contributed by atoms with Crippen LogP contribution >= 0.6 is 0 Å². The number of amides is 1. The van der Waals surface area contributed by atoms with E-state index in [0.29, 0.717) is 13.1 Å². The average molecular weight is 335 g/mol. The van der Waals surface area contributed by atoms with Crippen LogP contribution in [0.1, 0.15) is 15.9 Å². The van der Waals surface area contributed by atoms with Gasteiger partial charge in [-0.1, -0.05) is 12.1 Å². The van der Waals surface area contributed by atoms with E-state index in [1.54, 1.807) is 6.20 Å². The molecule has 0 N–H and O–H groups in total. The number of morpholine rings is 1. The van der Waals surface area contributed by atoms with Gasteiger partial charge in [-0.15, -0.1) is 0 Å². The number of pyridine rings is 1. The summed E-state index contributed by atoms with van der Waals surface area (Å²) in [6.07, 6.45) is 5.71. The molecule has 1 saturated heterocycles. The van der Waals surface area contributed by atoms with Crippen molar-refractivity contribution < 1.29 is 9.53 Å². The van der Waals surface area contributed by atoms with Crippen molar-refractivity contribution >= 4 is 17.2 Å². The van der Waals surface area contributed by atoms with Crippen LogP contribution in [0.5, 0.6) is 0 Å². The number of carbonyl (C=O) groups excluding carboxylic acids is 1. The number of ether oxygens (including phenoxy) is 1. The van der Waals surface area contributed by atoms with Crippen LogP contribution in [-0.4, -0.2) is 55.2 Å². The molecule has 2 aliphatic heterocycles. The molecule has 0 aliphatic carbocycles. The Hall–Kier alpha value is -2.66. The minimum atomic E-state index is 0.0728. The van der Waals surface area contributed by atoms with Crippen LogP contribution in [0.3, 0.4) is 0 Å². The van der Waals surface area contributed by atoms with Crippen LogP contribution in [-0.2, 0) is 4.74 Å². The molecule has 0 radical (unpaired) electrons. The lowest BCUT2D eigenvalue weighted by atomic mass is 10.1. The molecule has 0 spiro atoms. The third kappa shape index (κ3) is 3.42. The summed E-state index contributed by atoms with van der Waals surface area (Å²) in [5.41, 5.74) is 4.13. The zero-order valence-electron chi connectivity index (χ0n) is 14.1. The van der Waals surface area contributed by atoms with Gasteiger partial charge >= 0.3 is 0 Å². The molecule has 1 amide bonds. The zero-order chi connectivity index (χ0) is 17.1. The van der Waals surface area contributed by atoms with E-state index in [1.807, 2.05) is 47.5 Å². The van der Waals surface area contributed by atoms with Crippen molar-refractivity contribution in [3.8, 4) is 0 Å². The Bertz CT molecular complexity index is 765. The molecule has 0 bridgehead atoms. The second-order valence-corrected chi connectivity index (χ2v) is 6.30. The topological polar surface area (TPSA) is 45.7 Å². The second kappa shape index (κ2) is 7.07. The van der Waals surface area contributed by atoms with E-state index < -0.39 is 0 Å². The molecule has 2 aromatic rings. The van der Waals surface area contributed by atoms with Gasteiger partial charge in [-0.05, 0) is 41.5 Å². The molecule has 1 fully saturated rings. The third-order valence-corrected chi connectivity index (χ3v) is 4.73. The predicted molar refractivity (Wildman–Crippen MR) is 97.6 cm³/mol. The normalized spacial score (nSPS) is 17.5.